The highest BCUT2D eigenvalue weighted by Crippen LogP contribution is 2.16. The number of carbonyl (C=O) groups is 1. The van der Waals surface area contributed by atoms with Crippen molar-refractivity contribution in [3.63, 3.8) is 0 Å². The summed E-state index contributed by atoms with van der Waals surface area (Å²) in [6.45, 7) is 1.89. The third kappa shape index (κ3) is 2.51. The molecule has 0 radical (unpaired) electrons. The van der Waals surface area contributed by atoms with Crippen LogP contribution in [0.2, 0.25) is 0 Å². The molecule has 2 rings (SSSR count). The normalized spacial score (nSPS) is 20.8. The largest absolute Gasteiger partial charge is 0.480 e. The first-order chi connectivity index (χ1) is 7.66. The van der Waals surface area contributed by atoms with Crippen LogP contribution in [-0.2, 0) is 4.79 Å². The Morgan fingerprint density at radius 1 is 1.62 bits per heavy atom. The van der Waals surface area contributed by atoms with Gasteiger partial charge in [0, 0.05) is 30.3 Å². The second kappa shape index (κ2) is 4.80. The average Bonchev–Trinajstić information content (AvgIpc) is 2.30. The van der Waals surface area contributed by atoms with Gasteiger partial charge in [0.2, 0.25) is 0 Å². The number of carboxylic acids is 1. The minimum Gasteiger partial charge on any atom is -0.480 e. The van der Waals surface area contributed by atoms with Gasteiger partial charge in [0.1, 0.15) is 11.9 Å². The highest BCUT2D eigenvalue weighted by Gasteiger charge is 2.25. The average molecular weight is 286 g/mol. The van der Waals surface area contributed by atoms with Crippen LogP contribution in [0.3, 0.4) is 0 Å². The second-order valence-electron chi connectivity index (χ2n) is 3.63. The maximum atomic E-state index is 10.9. The number of anilines is 1. The summed E-state index contributed by atoms with van der Waals surface area (Å²) in [5.74, 6) is -0.00207. The Kier molecular flexibility index (Phi) is 3.40. The van der Waals surface area contributed by atoms with Crippen molar-refractivity contribution in [2.75, 3.05) is 24.5 Å². The summed E-state index contributed by atoms with van der Waals surface area (Å²) >= 11 is 3.32. The van der Waals surface area contributed by atoms with E-state index in [0.29, 0.717) is 13.1 Å². The molecule has 0 unspecified atom stereocenters. The zero-order valence-corrected chi connectivity index (χ0v) is 10.1. The maximum Gasteiger partial charge on any atom is 0.322 e. The van der Waals surface area contributed by atoms with E-state index < -0.39 is 12.0 Å². The summed E-state index contributed by atoms with van der Waals surface area (Å²) in [6.07, 6.45) is 1.72. The second-order valence-corrected chi connectivity index (χ2v) is 4.54. The molecule has 2 heterocycles. The maximum absolute atomic E-state index is 10.9. The monoisotopic (exact) mass is 285 g/mol. The fourth-order valence-corrected chi connectivity index (χ4v) is 1.91. The van der Waals surface area contributed by atoms with Gasteiger partial charge < -0.3 is 15.3 Å². The number of hydrogen-bond donors (Lipinski definition) is 2. The van der Waals surface area contributed by atoms with Gasteiger partial charge in [-0.25, -0.2) is 4.98 Å². The van der Waals surface area contributed by atoms with Crippen molar-refractivity contribution in [2.24, 2.45) is 0 Å². The molecule has 0 spiro atoms. The van der Waals surface area contributed by atoms with Crippen LogP contribution in [-0.4, -0.2) is 41.7 Å². The topological polar surface area (TPSA) is 65.5 Å². The van der Waals surface area contributed by atoms with Gasteiger partial charge in [0.25, 0.3) is 0 Å². The Labute approximate surface area is 102 Å². The highest BCUT2D eigenvalue weighted by molar-refractivity contribution is 9.10. The minimum atomic E-state index is -0.818. The summed E-state index contributed by atoms with van der Waals surface area (Å²) in [6, 6.07) is 3.27. The van der Waals surface area contributed by atoms with Gasteiger partial charge in [-0.3, -0.25) is 4.79 Å². The van der Waals surface area contributed by atoms with Crippen LogP contribution in [0.15, 0.2) is 22.8 Å². The van der Waals surface area contributed by atoms with Crippen LogP contribution in [0.25, 0.3) is 0 Å². The van der Waals surface area contributed by atoms with E-state index in [2.05, 4.69) is 26.2 Å². The Hall–Kier alpha value is -1.14. The predicted octanol–water partition coefficient (Wildman–Crippen LogP) is 0.707. The van der Waals surface area contributed by atoms with Crippen molar-refractivity contribution in [1.82, 2.24) is 10.3 Å². The van der Waals surface area contributed by atoms with Crippen LogP contribution >= 0.6 is 15.9 Å². The zero-order valence-electron chi connectivity index (χ0n) is 8.56. The first-order valence-electron chi connectivity index (χ1n) is 4.99. The van der Waals surface area contributed by atoms with Crippen LogP contribution in [0.5, 0.6) is 0 Å². The highest BCUT2D eigenvalue weighted by atomic mass is 79.9. The van der Waals surface area contributed by atoms with Crippen LogP contribution in [0.4, 0.5) is 5.82 Å². The summed E-state index contributed by atoms with van der Waals surface area (Å²) in [5, 5.41) is 11.9. The van der Waals surface area contributed by atoms with Gasteiger partial charge in [0.15, 0.2) is 0 Å². The smallest absolute Gasteiger partial charge is 0.322 e. The molecular weight excluding hydrogens is 274 g/mol. The summed E-state index contributed by atoms with van der Waals surface area (Å²) in [4.78, 5) is 17.1. The molecule has 0 aromatic carbocycles. The number of rotatable bonds is 2. The lowest BCUT2D eigenvalue weighted by Gasteiger charge is -2.32. The van der Waals surface area contributed by atoms with E-state index in [1.807, 2.05) is 17.0 Å². The lowest BCUT2D eigenvalue weighted by molar-refractivity contribution is -0.139. The molecule has 1 atom stereocenters. The molecule has 0 aliphatic carbocycles. The number of piperazine rings is 1. The first kappa shape index (κ1) is 11.3. The Morgan fingerprint density at radius 2 is 2.44 bits per heavy atom. The molecule has 1 aromatic heterocycles. The zero-order chi connectivity index (χ0) is 11.5. The van der Waals surface area contributed by atoms with Gasteiger partial charge in [-0.15, -0.1) is 0 Å². The molecule has 16 heavy (non-hydrogen) atoms. The van der Waals surface area contributed by atoms with E-state index in [9.17, 15) is 4.79 Å². The van der Waals surface area contributed by atoms with Crippen molar-refractivity contribution in [3.8, 4) is 0 Å². The molecule has 1 aromatic rings. The molecule has 1 fully saturated rings. The molecule has 1 saturated heterocycles. The molecule has 1 aliphatic heterocycles. The SMILES string of the molecule is O=C(O)[C@@H]1CN(c2ccc(Br)cn2)CCN1. The molecular formula is C10H12BrN3O2. The summed E-state index contributed by atoms with van der Waals surface area (Å²) < 4.78 is 0.918. The number of pyridine rings is 1. The van der Waals surface area contributed by atoms with E-state index in [4.69, 9.17) is 5.11 Å². The van der Waals surface area contributed by atoms with Crippen molar-refractivity contribution in [2.45, 2.75) is 6.04 Å². The van der Waals surface area contributed by atoms with Crippen LogP contribution < -0.4 is 10.2 Å². The summed E-state index contributed by atoms with van der Waals surface area (Å²) in [7, 11) is 0. The quantitative estimate of drug-likeness (QED) is 0.838. The molecule has 0 saturated carbocycles. The molecule has 2 N–H and O–H groups in total. The molecule has 0 amide bonds. The van der Waals surface area contributed by atoms with E-state index in [1.165, 1.54) is 0 Å². The van der Waals surface area contributed by atoms with E-state index >= 15 is 0 Å². The fraction of sp³-hybridized carbons (Fsp3) is 0.400. The number of nitrogens with zero attached hydrogens (tertiary/aromatic N) is 2. The first-order valence-corrected chi connectivity index (χ1v) is 5.79. The number of halogens is 1. The predicted molar refractivity (Wildman–Crippen MR) is 63.6 cm³/mol. The standard InChI is InChI=1S/C10H12BrN3O2/c11-7-1-2-9(13-5-7)14-4-3-12-8(6-14)10(15)16/h1-2,5,8,12H,3-4,6H2,(H,15,16)/t8-/m0/s1. The van der Waals surface area contributed by atoms with E-state index in [-0.39, 0.29) is 0 Å². The Balaban J connectivity index is 2.09. The molecule has 86 valence electrons. The Bertz CT molecular complexity index is 382. The number of nitrogens with one attached hydrogen (secondary N) is 1. The molecule has 6 heteroatoms. The number of aromatic nitrogens is 1. The third-order valence-electron chi connectivity index (χ3n) is 2.51. The van der Waals surface area contributed by atoms with E-state index in [1.54, 1.807) is 6.20 Å². The Morgan fingerprint density at radius 3 is 3.06 bits per heavy atom. The van der Waals surface area contributed by atoms with Gasteiger partial charge in [-0.05, 0) is 28.1 Å². The number of aliphatic carboxylic acids is 1. The van der Waals surface area contributed by atoms with Gasteiger partial charge in [-0.1, -0.05) is 0 Å². The third-order valence-corrected chi connectivity index (χ3v) is 2.98. The number of hydrogen-bond acceptors (Lipinski definition) is 4. The van der Waals surface area contributed by atoms with Gasteiger partial charge in [-0.2, -0.15) is 0 Å². The van der Waals surface area contributed by atoms with Crippen molar-refractivity contribution in [1.29, 1.82) is 0 Å². The molecule has 0 bridgehead atoms. The van der Waals surface area contributed by atoms with Gasteiger partial charge in [0.05, 0.1) is 0 Å². The van der Waals surface area contributed by atoms with Crippen LogP contribution in [0, 0.1) is 0 Å². The van der Waals surface area contributed by atoms with Crippen molar-refractivity contribution < 1.29 is 9.90 Å². The lowest BCUT2D eigenvalue weighted by Crippen LogP contribution is -2.54. The van der Waals surface area contributed by atoms with Gasteiger partial charge >= 0.3 is 5.97 Å². The van der Waals surface area contributed by atoms with Crippen LogP contribution in [0.1, 0.15) is 0 Å². The van der Waals surface area contributed by atoms with Crippen molar-refractivity contribution >= 4 is 27.7 Å². The minimum absolute atomic E-state index is 0.448. The van der Waals surface area contributed by atoms with Crippen molar-refractivity contribution in [3.05, 3.63) is 22.8 Å². The number of carboxylic acid groups (broad SMARTS) is 1. The fourth-order valence-electron chi connectivity index (χ4n) is 1.68. The molecule has 5 nitrogen and oxygen atoms in total. The lowest BCUT2D eigenvalue weighted by atomic mass is 10.2. The molecule has 1 aliphatic rings. The summed E-state index contributed by atoms with van der Waals surface area (Å²) in [5.41, 5.74) is 0. The van der Waals surface area contributed by atoms with E-state index in [0.717, 1.165) is 16.8 Å².